The summed E-state index contributed by atoms with van der Waals surface area (Å²) >= 11 is 0. The van der Waals surface area contributed by atoms with Gasteiger partial charge in [-0.05, 0) is 84.7 Å². The number of aliphatic hydroxyl groups is 2. The molecule has 1 amide bonds. The highest BCUT2D eigenvalue weighted by atomic mass is 19.1. The van der Waals surface area contributed by atoms with Crippen molar-refractivity contribution in [3.05, 3.63) is 102 Å². The molecule has 1 heterocycles. The first kappa shape index (κ1) is 36.0. The number of benzene rings is 3. The number of amides is 1. The van der Waals surface area contributed by atoms with Crippen LogP contribution in [0.15, 0.2) is 78.9 Å². The summed E-state index contributed by atoms with van der Waals surface area (Å²) in [6.45, 7) is 4.79. The Bertz CT molecular complexity index is 1680. The Kier molecular flexibility index (Phi) is 12.4. The van der Waals surface area contributed by atoms with Gasteiger partial charge >= 0.3 is 5.97 Å². The lowest BCUT2D eigenvalue weighted by molar-refractivity contribution is -0.139. The maximum atomic E-state index is 14.4. The summed E-state index contributed by atoms with van der Waals surface area (Å²) in [5.41, 5.74) is 5.79. The monoisotopic (exact) mass is 670 g/mol. The van der Waals surface area contributed by atoms with Gasteiger partial charge < -0.3 is 29.9 Å². The van der Waals surface area contributed by atoms with Crippen molar-refractivity contribution >= 4 is 17.6 Å². The lowest BCUT2D eigenvalue weighted by Gasteiger charge is -2.22. The smallest absolute Gasteiger partial charge is 0.305 e. The number of hydrogen-bond acceptors (Lipinski definition) is 5. The Morgan fingerprint density at radius 3 is 2.20 bits per heavy atom. The number of rotatable bonds is 15. The molecule has 4 aromatic rings. The fourth-order valence-corrected chi connectivity index (χ4v) is 6.81. The van der Waals surface area contributed by atoms with E-state index in [1.54, 1.807) is 12.1 Å². The van der Waals surface area contributed by atoms with Gasteiger partial charge in [-0.25, -0.2) is 4.39 Å². The van der Waals surface area contributed by atoms with E-state index < -0.39 is 24.6 Å². The van der Waals surface area contributed by atoms with Crippen LogP contribution in [0.25, 0.3) is 22.4 Å². The Balaban J connectivity index is 1.52. The molecule has 0 bridgehead atoms. The van der Waals surface area contributed by atoms with E-state index in [4.69, 9.17) is 9.84 Å². The molecule has 49 heavy (non-hydrogen) atoms. The van der Waals surface area contributed by atoms with Gasteiger partial charge in [0.05, 0.1) is 42.6 Å². The van der Waals surface area contributed by atoms with E-state index in [9.17, 15) is 24.2 Å². The molecule has 1 saturated carbocycles. The van der Waals surface area contributed by atoms with Gasteiger partial charge in [0.25, 0.3) is 5.91 Å². The largest absolute Gasteiger partial charge is 0.481 e. The van der Waals surface area contributed by atoms with Gasteiger partial charge in [0.1, 0.15) is 5.82 Å². The van der Waals surface area contributed by atoms with Gasteiger partial charge in [-0.3, -0.25) is 9.59 Å². The number of halogens is 1. The molecule has 8 nitrogen and oxygen atoms in total. The van der Waals surface area contributed by atoms with Crippen LogP contribution in [-0.4, -0.2) is 50.1 Å². The number of anilines is 1. The highest BCUT2D eigenvalue weighted by Gasteiger charge is 2.31. The average molecular weight is 671 g/mol. The predicted octanol–water partition coefficient (Wildman–Crippen LogP) is 8.16. The topological polar surface area (TPSA) is 121 Å². The molecule has 0 radical (unpaired) electrons. The highest BCUT2D eigenvalue weighted by Crippen LogP contribution is 2.42. The Morgan fingerprint density at radius 2 is 1.57 bits per heavy atom. The Morgan fingerprint density at radius 1 is 0.898 bits per heavy atom. The average Bonchev–Trinajstić information content (AvgIpc) is 3.43. The molecule has 1 aromatic heterocycles. The van der Waals surface area contributed by atoms with E-state index in [2.05, 4.69) is 5.32 Å². The van der Waals surface area contributed by atoms with Crippen molar-refractivity contribution < 1.29 is 34.0 Å². The number of ether oxygens (including phenoxy) is 1. The van der Waals surface area contributed by atoms with Crippen molar-refractivity contribution in [3.8, 4) is 22.4 Å². The number of nitrogens with zero attached hydrogens (tertiary/aromatic N) is 1. The molecule has 4 N–H and O–H groups in total. The molecule has 0 spiro atoms. The SMILES string of the molecule is CC(C)c1c(C(=O)Nc2ccc(COC3CCCCC3)cc2)c(-c2ccccc2)c(-c2ccc(F)cc2)n1CC[C@@H](O)C[C@@H](O)CC(=O)O. The van der Waals surface area contributed by atoms with Crippen molar-refractivity contribution in [3.63, 3.8) is 0 Å². The second-order valence-electron chi connectivity index (χ2n) is 13.3. The molecular weight excluding hydrogens is 623 g/mol. The first-order valence-electron chi connectivity index (χ1n) is 17.3. The maximum absolute atomic E-state index is 14.4. The Hall–Kier alpha value is -4.31. The van der Waals surface area contributed by atoms with E-state index in [1.807, 2.05) is 73.0 Å². The van der Waals surface area contributed by atoms with E-state index in [-0.39, 0.29) is 37.0 Å². The quantitative estimate of drug-likeness (QED) is 0.101. The van der Waals surface area contributed by atoms with Gasteiger partial charge in [-0.1, -0.05) is 75.6 Å². The van der Waals surface area contributed by atoms with Crippen LogP contribution in [0.3, 0.4) is 0 Å². The second-order valence-corrected chi connectivity index (χ2v) is 13.3. The first-order chi connectivity index (χ1) is 23.6. The summed E-state index contributed by atoms with van der Waals surface area (Å²) in [5.74, 6) is -1.96. The van der Waals surface area contributed by atoms with Gasteiger partial charge in [0.2, 0.25) is 0 Å². The molecule has 3 aromatic carbocycles. The molecule has 0 unspecified atom stereocenters. The molecule has 1 aliphatic carbocycles. The molecule has 9 heteroatoms. The van der Waals surface area contributed by atoms with Crippen LogP contribution in [0.4, 0.5) is 10.1 Å². The molecule has 5 rings (SSSR count). The zero-order valence-corrected chi connectivity index (χ0v) is 28.3. The summed E-state index contributed by atoms with van der Waals surface area (Å²) in [5, 5.41) is 33.2. The standard InChI is InChI=1S/C40H47FN2O6/c1-26(2)38-37(40(48)42-31-19-13-27(14-20-31)25-49-34-11-7-4-8-12-34)36(28-9-5-3-6-10-28)39(29-15-17-30(41)18-16-29)43(38)22-21-32(44)23-33(45)24-35(46)47/h3,5-6,9-10,13-20,26,32-34,44-45H,4,7-8,11-12,21-25H2,1-2H3,(H,42,48)(H,46,47)/t32-,33-/m1/s1. The summed E-state index contributed by atoms with van der Waals surface area (Å²) in [6, 6.07) is 23.4. The first-order valence-corrected chi connectivity index (χ1v) is 17.3. The fourth-order valence-electron chi connectivity index (χ4n) is 6.81. The van der Waals surface area contributed by atoms with Crippen molar-refractivity contribution in [2.24, 2.45) is 0 Å². The summed E-state index contributed by atoms with van der Waals surface area (Å²) < 4.78 is 22.3. The maximum Gasteiger partial charge on any atom is 0.305 e. The third-order valence-electron chi connectivity index (χ3n) is 9.15. The van der Waals surface area contributed by atoms with Gasteiger partial charge in [0.15, 0.2) is 0 Å². The van der Waals surface area contributed by atoms with Crippen molar-refractivity contribution in [2.45, 2.75) is 103 Å². The van der Waals surface area contributed by atoms with Crippen LogP contribution in [-0.2, 0) is 22.7 Å². The minimum absolute atomic E-state index is 0.100. The van der Waals surface area contributed by atoms with E-state index in [1.165, 1.54) is 31.4 Å². The lowest BCUT2D eigenvalue weighted by atomic mass is 9.94. The molecule has 260 valence electrons. The normalized spacial score (nSPS) is 14.9. The van der Waals surface area contributed by atoms with E-state index >= 15 is 0 Å². The number of aromatic nitrogens is 1. The van der Waals surface area contributed by atoms with Crippen LogP contribution < -0.4 is 5.32 Å². The van der Waals surface area contributed by atoms with Crippen molar-refractivity contribution in [1.29, 1.82) is 0 Å². The second kappa shape index (κ2) is 16.9. The number of carboxylic acids is 1. The number of aliphatic hydroxyl groups excluding tert-OH is 2. The van der Waals surface area contributed by atoms with E-state index in [0.717, 1.165) is 29.7 Å². The van der Waals surface area contributed by atoms with Crippen LogP contribution in [0.5, 0.6) is 0 Å². The predicted molar refractivity (Wildman–Crippen MR) is 189 cm³/mol. The van der Waals surface area contributed by atoms with Crippen LogP contribution in [0, 0.1) is 5.82 Å². The minimum Gasteiger partial charge on any atom is -0.481 e. The van der Waals surface area contributed by atoms with Crippen molar-refractivity contribution in [1.82, 2.24) is 4.57 Å². The van der Waals surface area contributed by atoms with Gasteiger partial charge in [-0.2, -0.15) is 0 Å². The summed E-state index contributed by atoms with van der Waals surface area (Å²) in [7, 11) is 0. The number of carbonyl (C=O) groups excluding carboxylic acids is 1. The van der Waals surface area contributed by atoms with Gasteiger partial charge in [-0.15, -0.1) is 0 Å². The lowest BCUT2D eigenvalue weighted by Crippen LogP contribution is -2.22. The highest BCUT2D eigenvalue weighted by molar-refractivity contribution is 6.12. The minimum atomic E-state index is -1.19. The molecule has 0 aliphatic heterocycles. The number of carboxylic acid groups (broad SMARTS) is 1. The third-order valence-corrected chi connectivity index (χ3v) is 9.15. The van der Waals surface area contributed by atoms with Crippen LogP contribution in [0.2, 0.25) is 0 Å². The zero-order valence-electron chi connectivity index (χ0n) is 28.3. The van der Waals surface area contributed by atoms with E-state index in [0.29, 0.717) is 40.8 Å². The summed E-state index contributed by atoms with van der Waals surface area (Å²) in [4.78, 5) is 25.5. The number of nitrogens with one attached hydrogen (secondary N) is 1. The summed E-state index contributed by atoms with van der Waals surface area (Å²) in [6.07, 6.45) is 3.64. The Labute approximate surface area is 287 Å². The molecule has 1 aliphatic rings. The molecule has 0 saturated heterocycles. The zero-order chi connectivity index (χ0) is 34.9. The van der Waals surface area contributed by atoms with Crippen LogP contribution in [0.1, 0.15) is 92.7 Å². The third kappa shape index (κ3) is 9.44. The van der Waals surface area contributed by atoms with Gasteiger partial charge in [0, 0.05) is 23.5 Å². The van der Waals surface area contributed by atoms with Crippen LogP contribution >= 0.6 is 0 Å². The molecule has 1 fully saturated rings. The molecular formula is C40H47FN2O6. The number of aliphatic carboxylic acids is 1. The number of hydrogen-bond donors (Lipinski definition) is 4. The fraction of sp³-hybridized carbons (Fsp3) is 0.400. The van der Waals surface area contributed by atoms with Crippen molar-refractivity contribution in [2.75, 3.05) is 5.32 Å². The number of carbonyl (C=O) groups is 2. The molecule has 2 atom stereocenters.